The number of ether oxygens (including phenoxy) is 3. The number of benzene rings is 1. The van der Waals surface area contributed by atoms with Gasteiger partial charge in [-0.1, -0.05) is 58.0 Å². The molecule has 0 aliphatic heterocycles. The Bertz CT molecular complexity index is 583. The van der Waals surface area contributed by atoms with Crippen molar-refractivity contribution in [1.82, 2.24) is 0 Å². The summed E-state index contributed by atoms with van der Waals surface area (Å²) in [4.78, 5) is 9.09. The van der Waals surface area contributed by atoms with E-state index in [2.05, 4.69) is 9.47 Å². The first-order valence-corrected chi connectivity index (χ1v) is 7.91. The zero-order chi connectivity index (χ0) is 17.8. The molecule has 0 N–H and O–H groups in total. The number of carbonyl (C=O) groups is 1. The summed E-state index contributed by atoms with van der Waals surface area (Å²) in [6.07, 6.45) is -3.97. The average molecular weight is 432 g/mol. The van der Waals surface area contributed by atoms with Gasteiger partial charge >= 0.3 is 12.1 Å². The van der Waals surface area contributed by atoms with Crippen LogP contribution >= 0.6 is 58.0 Å². The summed E-state index contributed by atoms with van der Waals surface area (Å²) in [6.45, 7) is 1.19. The van der Waals surface area contributed by atoms with Crippen LogP contribution < -0.4 is 9.47 Å². The van der Waals surface area contributed by atoms with Gasteiger partial charge in [-0.3, -0.25) is 0 Å². The lowest BCUT2D eigenvalue weighted by atomic mass is 10.3. The normalized spacial score (nSPS) is 11.5. The molecule has 0 unspecified atom stereocenters. The van der Waals surface area contributed by atoms with Crippen LogP contribution in [-0.2, 0) is 9.53 Å². The highest BCUT2D eigenvalue weighted by Gasteiger charge is 2.42. The van der Waals surface area contributed by atoms with Crippen molar-refractivity contribution in [3.63, 3.8) is 0 Å². The van der Waals surface area contributed by atoms with Crippen LogP contribution in [-0.4, -0.2) is 30.1 Å². The molecule has 1 rings (SSSR count). The van der Waals surface area contributed by atoms with Crippen molar-refractivity contribution in [2.45, 2.75) is 17.9 Å². The maximum Gasteiger partial charge on any atom is 0.428 e. The summed E-state index contributed by atoms with van der Waals surface area (Å²) in [5.74, 6) is -1.63. The third-order valence-electron chi connectivity index (χ3n) is 2.22. The molecule has 130 valence electrons. The minimum atomic E-state index is -3.97. The number of esters is 1. The average Bonchev–Trinajstić information content (AvgIpc) is 2.43. The van der Waals surface area contributed by atoms with Crippen LogP contribution in [0.1, 0.15) is 6.92 Å². The zero-order valence-corrected chi connectivity index (χ0v) is 15.1. The Morgan fingerprint density at radius 2 is 1.78 bits per heavy atom. The van der Waals surface area contributed by atoms with E-state index in [1.165, 1.54) is 0 Å². The first-order chi connectivity index (χ1) is 10.6. The summed E-state index contributed by atoms with van der Waals surface area (Å²) in [5.41, 5.74) is 0. The van der Waals surface area contributed by atoms with Gasteiger partial charge in [0.2, 0.25) is 4.84 Å². The Hall–Kier alpha value is -0.400. The molecule has 0 bridgehead atoms. The Balaban J connectivity index is 3.10. The topological polar surface area (TPSA) is 44.8 Å². The molecule has 0 amide bonds. The van der Waals surface area contributed by atoms with Crippen molar-refractivity contribution in [3.8, 4) is 11.5 Å². The van der Waals surface area contributed by atoms with Gasteiger partial charge in [-0.25, -0.2) is 4.79 Å². The third kappa shape index (κ3) is 5.57. The van der Waals surface area contributed by atoms with E-state index in [0.29, 0.717) is 0 Å². The maximum atomic E-state index is 13.5. The van der Waals surface area contributed by atoms with Crippen LogP contribution in [0.2, 0.25) is 15.1 Å². The molecule has 0 radical (unpaired) electrons. The van der Waals surface area contributed by atoms with Crippen LogP contribution in [0, 0.1) is 0 Å². The van der Waals surface area contributed by atoms with Gasteiger partial charge in [0, 0.05) is 0 Å². The Labute approximate surface area is 155 Å². The lowest BCUT2D eigenvalue weighted by Crippen LogP contribution is -2.32. The number of halogens is 7. The summed E-state index contributed by atoms with van der Waals surface area (Å²) in [5, 5.41) is -0.911. The fourth-order valence-electron chi connectivity index (χ4n) is 1.30. The molecule has 0 saturated heterocycles. The molecule has 11 heteroatoms. The number of rotatable bonds is 7. The number of carbonyl (C=O) groups excluding carboxylic acids is 1. The molecule has 0 aromatic heterocycles. The van der Waals surface area contributed by atoms with Crippen molar-refractivity contribution in [1.29, 1.82) is 0 Å². The summed E-state index contributed by atoms with van der Waals surface area (Å²) >= 11 is 27.8. The molecule has 23 heavy (non-hydrogen) atoms. The molecule has 0 heterocycles. The van der Waals surface area contributed by atoms with E-state index >= 15 is 0 Å². The van der Waals surface area contributed by atoms with Crippen molar-refractivity contribution in [2.75, 3.05) is 13.2 Å². The molecule has 0 aliphatic rings. The minimum Gasteiger partial charge on any atom is -0.479 e. The van der Waals surface area contributed by atoms with Gasteiger partial charge in [0.25, 0.3) is 0 Å². The van der Waals surface area contributed by atoms with Crippen molar-refractivity contribution < 1.29 is 27.8 Å². The number of hydrogen-bond acceptors (Lipinski definition) is 4. The smallest absolute Gasteiger partial charge is 0.428 e. The highest BCUT2D eigenvalue weighted by atomic mass is 35.5. The summed E-state index contributed by atoms with van der Waals surface area (Å²) < 4.78 is 41.0. The van der Waals surface area contributed by atoms with Crippen LogP contribution in [0.15, 0.2) is 6.07 Å². The van der Waals surface area contributed by atoms with Crippen molar-refractivity contribution >= 4 is 64.0 Å². The second-order valence-corrected chi connectivity index (χ2v) is 6.16. The van der Waals surface area contributed by atoms with Gasteiger partial charge in [0.1, 0.15) is 5.02 Å². The molecule has 0 atom stereocenters. The molecule has 0 fully saturated rings. The Morgan fingerprint density at radius 1 is 1.22 bits per heavy atom. The highest BCUT2D eigenvalue weighted by molar-refractivity contribution is 6.45. The largest absolute Gasteiger partial charge is 0.479 e. The van der Waals surface area contributed by atoms with Crippen LogP contribution in [0.25, 0.3) is 0 Å². The lowest BCUT2D eigenvalue weighted by molar-refractivity contribution is -0.163. The predicted octanol–water partition coefficient (Wildman–Crippen LogP) is 5.36. The van der Waals surface area contributed by atoms with E-state index in [0.717, 1.165) is 6.07 Å². The molecule has 1 aromatic carbocycles. The summed E-state index contributed by atoms with van der Waals surface area (Å²) in [7, 11) is 0. The van der Waals surface area contributed by atoms with Crippen molar-refractivity contribution in [3.05, 3.63) is 21.1 Å². The van der Waals surface area contributed by atoms with E-state index in [4.69, 9.17) is 62.7 Å². The van der Waals surface area contributed by atoms with E-state index in [-0.39, 0.29) is 22.4 Å². The van der Waals surface area contributed by atoms with Crippen LogP contribution in [0.4, 0.5) is 8.78 Å². The van der Waals surface area contributed by atoms with Crippen LogP contribution in [0.5, 0.6) is 11.5 Å². The van der Waals surface area contributed by atoms with E-state index in [1.54, 1.807) is 6.92 Å². The Morgan fingerprint density at radius 3 is 2.30 bits per heavy atom. The van der Waals surface area contributed by atoms with Gasteiger partial charge in [-0.2, -0.15) is 8.78 Å². The number of alkyl halides is 4. The monoisotopic (exact) mass is 430 g/mol. The molecule has 0 aliphatic carbocycles. The fraction of sp³-hybridized carbons (Fsp3) is 0.417. The van der Waals surface area contributed by atoms with Gasteiger partial charge in [-0.05, 0) is 13.0 Å². The first kappa shape index (κ1) is 20.6. The second-order valence-electron chi connectivity index (χ2n) is 3.87. The number of hydrogen-bond donors (Lipinski definition) is 0. The second kappa shape index (κ2) is 8.62. The lowest BCUT2D eigenvalue weighted by Gasteiger charge is -2.21. The summed E-state index contributed by atoms with van der Waals surface area (Å²) in [6, 6.07) is 1.05. The van der Waals surface area contributed by atoms with Gasteiger partial charge in [0.15, 0.2) is 18.1 Å². The van der Waals surface area contributed by atoms with E-state index in [9.17, 15) is 13.6 Å². The first-order valence-electron chi connectivity index (χ1n) is 5.91. The maximum absolute atomic E-state index is 13.5. The Kier molecular flexibility index (Phi) is 7.74. The zero-order valence-electron chi connectivity index (χ0n) is 11.3. The fourth-order valence-corrected chi connectivity index (χ4v) is 2.33. The SMILES string of the molecule is CCOC(=O)COc1c(Cl)cc(Cl)c(OC(F)(F)C(Cl)Cl)c1Cl. The quantitative estimate of drug-likeness (QED) is 0.430. The highest BCUT2D eigenvalue weighted by Crippen LogP contribution is 2.47. The predicted molar refractivity (Wildman–Crippen MR) is 84.7 cm³/mol. The molecule has 4 nitrogen and oxygen atoms in total. The van der Waals surface area contributed by atoms with Gasteiger partial charge in [0.05, 0.1) is 16.7 Å². The van der Waals surface area contributed by atoms with Crippen LogP contribution in [0.3, 0.4) is 0 Å². The molecule has 1 aromatic rings. The molecule has 0 spiro atoms. The third-order valence-corrected chi connectivity index (χ3v) is 3.63. The van der Waals surface area contributed by atoms with Crippen molar-refractivity contribution in [2.24, 2.45) is 0 Å². The molecular weight excluding hydrogens is 423 g/mol. The molecule has 0 saturated carbocycles. The van der Waals surface area contributed by atoms with Gasteiger partial charge in [-0.15, -0.1) is 0 Å². The van der Waals surface area contributed by atoms with E-state index in [1.807, 2.05) is 0 Å². The minimum absolute atomic E-state index is 0.117. The van der Waals surface area contributed by atoms with E-state index < -0.39 is 34.3 Å². The molecular formula is C12H9Cl5F2O4. The van der Waals surface area contributed by atoms with Gasteiger partial charge < -0.3 is 14.2 Å². The standard InChI is InChI=1S/C12H9Cl5F2O4/c1-2-21-7(20)4-22-9-5(13)3-6(14)10(8(9)15)23-12(18,19)11(16)17/h3,11H,2,4H2,1H3.